The summed E-state index contributed by atoms with van der Waals surface area (Å²) in [6.07, 6.45) is 1.05. The molecule has 1 aromatic heterocycles. The Bertz CT molecular complexity index is 581. The van der Waals surface area contributed by atoms with Crippen LogP contribution >= 0.6 is 34.7 Å². The van der Waals surface area contributed by atoms with Crippen molar-refractivity contribution in [2.45, 2.75) is 37.5 Å². The Morgan fingerprint density at radius 3 is 2.86 bits per heavy atom. The monoisotopic (exact) mass is 340 g/mol. The van der Waals surface area contributed by atoms with Gasteiger partial charge in [0.2, 0.25) is 0 Å². The molecule has 0 aliphatic carbocycles. The van der Waals surface area contributed by atoms with Crippen LogP contribution in [-0.2, 0) is 18.7 Å². The molecule has 5 heteroatoms. The van der Waals surface area contributed by atoms with E-state index in [1.54, 1.807) is 11.8 Å². The van der Waals surface area contributed by atoms with Gasteiger partial charge in [-0.1, -0.05) is 31.5 Å². The van der Waals surface area contributed by atoms with Crippen molar-refractivity contribution in [3.63, 3.8) is 0 Å². The zero-order valence-electron chi connectivity index (χ0n) is 12.6. The highest BCUT2D eigenvalue weighted by Gasteiger charge is 2.12. The van der Waals surface area contributed by atoms with Crippen LogP contribution < -0.4 is 5.32 Å². The number of halogens is 1. The molecule has 0 amide bonds. The van der Waals surface area contributed by atoms with Crippen molar-refractivity contribution in [1.82, 2.24) is 10.3 Å². The molecule has 0 unspecified atom stereocenters. The molecule has 0 saturated carbocycles. The fourth-order valence-electron chi connectivity index (χ4n) is 2.05. The third-order valence-corrected chi connectivity index (χ3v) is 5.44. The molecule has 0 bridgehead atoms. The van der Waals surface area contributed by atoms with Crippen molar-refractivity contribution >= 4 is 34.7 Å². The van der Waals surface area contributed by atoms with Gasteiger partial charge in [-0.05, 0) is 37.6 Å². The highest BCUT2D eigenvalue weighted by Crippen LogP contribution is 2.29. The molecule has 1 heterocycles. The fourth-order valence-corrected chi connectivity index (χ4v) is 4.36. The fraction of sp³-hybridized carbons (Fsp3) is 0.438. The van der Waals surface area contributed by atoms with Crippen LogP contribution in [0.2, 0.25) is 5.02 Å². The standard InChI is InChI=1S/C16H21ClN2S2/c1-11(2)7-14-15(9-18-3)21-16(19-14)10-20-13-6-4-5-12(17)8-13/h4-6,8,11,18H,7,9-10H2,1-3H3. The minimum Gasteiger partial charge on any atom is -0.315 e. The maximum absolute atomic E-state index is 6.02. The lowest BCUT2D eigenvalue weighted by atomic mass is 10.1. The van der Waals surface area contributed by atoms with E-state index < -0.39 is 0 Å². The van der Waals surface area contributed by atoms with Gasteiger partial charge < -0.3 is 5.32 Å². The maximum Gasteiger partial charge on any atom is 0.103 e. The van der Waals surface area contributed by atoms with E-state index in [9.17, 15) is 0 Å². The van der Waals surface area contributed by atoms with Gasteiger partial charge in [0.25, 0.3) is 0 Å². The Morgan fingerprint density at radius 2 is 2.19 bits per heavy atom. The van der Waals surface area contributed by atoms with Crippen molar-refractivity contribution in [2.75, 3.05) is 7.05 Å². The number of benzene rings is 1. The number of aromatic nitrogens is 1. The van der Waals surface area contributed by atoms with Crippen molar-refractivity contribution in [3.05, 3.63) is 44.9 Å². The summed E-state index contributed by atoms with van der Waals surface area (Å²) >= 11 is 9.63. The molecule has 0 radical (unpaired) electrons. The average molecular weight is 341 g/mol. The van der Waals surface area contributed by atoms with E-state index in [1.165, 1.54) is 20.5 Å². The Balaban J connectivity index is 2.05. The summed E-state index contributed by atoms with van der Waals surface area (Å²) in [5, 5.41) is 5.22. The van der Waals surface area contributed by atoms with Crippen LogP contribution in [0.3, 0.4) is 0 Å². The van der Waals surface area contributed by atoms with Crippen LogP contribution in [0.4, 0.5) is 0 Å². The Morgan fingerprint density at radius 1 is 1.38 bits per heavy atom. The Hall–Kier alpha value is -0.550. The second-order valence-corrected chi connectivity index (χ2v) is 8.01. The topological polar surface area (TPSA) is 24.9 Å². The van der Waals surface area contributed by atoms with E-state index in [2.05, 4.69) is 25.2 Å². The van der Waals surface area contributed by atoms with Gasteiger partial charge in [-0.3, -0.25) is 0 Å². The predicted molar refractivity (Wildman–Crippen MR) is 94.4 cm³/mol. The molecule has 2 rings (SSSR count). The summed E-state index contributed by atoms with van der Waals surface area (Å²) in [6, 6.07) is 7.99. The number of thioether (sulfide) groups is 1. The third kappa shape index (κ3) is 5.29. The number of nitrogens with one attached hydrogen (secondary N) is 1. The van der Waals surface area contributed by atoms with E-state index in [0.717, 1.165) is 23.7 Å². The lowest BCUT2D eigenvalue weighted by molar-refractivity contribution is 0.630. The number of nitrogens with zero attached hydrogens (tertiary/aromatic N) is 1. The number of rotatable bonds is 7. The minimum atomic E-state index is 0.635. The van der Waals surface area contributed by atoms with E-state index in [4.69, 9.17) is 16.6 Å². The van der Waals surface area contributed by atoms with Crippen LogP contribution in [0.5, 0.6) is 0 Å². The molecule has 1 aromatic carbocycles. The largest absolute Gasteiger partial charge is 0.315 e. The van der Waals surface area contributed by atoms with Crippen LogP contribution in [0, 0.1) is 5.92 Å². The van der Waals surface area contributed by atoms with Crippen molar-refractivity contribution in [1.29, 1.82) is 0 Å². The molecule has 2 aromatic rings. The second kappa shape index (κ2) is 8.18. The molecule has 21 heavy (non-hydrogen) atoms. The third-order valence-electron chi connectivity index (χ3n) is 2.92. The van der Waals surface area contributed by atoms with Crippen LogP contribution in [0.25, 0.3) is 0 Å². The van der Waals surface area contributed by atoms with E-state index >= 15 is 0 Å². The van der Waals surface area contributed by atoms with Gasteiger partial charge in [-0.15, -0.1) is 23.1 Å². The first-order chi connectivity index (χ1) is 10.1. The zero-order valence-corrected chi connectivity index (χ0v) is 15.0. The van der Waals surface area contributed by atoms with E-state index in [0.29, 0.717) is 5.92 Å². The molecule has 114 valence electrons. The summed E-state index contributed by atoms with van der Waals surface area (Å²) in [4.78, 5) is 7.39. The SMILES string of the molecule is CNCc1sc(CSc2cccc(Cl)c2)nc1CC(C)C. The van der Waals surface area contributed by atoms with Crippen molar-refractivity contribution < 1.29 is 0 Å². The minimum absolute atomic E-state index is 0.635. The van der Waals surface area contributed by atoms with Gasteiger partial charge in [0.1, 0.15) is 5.01 Å². The smallest absolute Gasteiger partial charge is 0.103 e. The van der Waals surface area contributed by atoms with Crippen LogP contribution in [-0.4, -0.2) is 12.0 Å². The van der Waals surface area contributed by atoms with Gasteiger partial charge in [-0.25, -0.2) is 4.98 Å². The molecule has 0 fully saturated rings. The number of hydrogen-bond acceptors (Lipinski definition) is 4. The van der Waals surface area contributed by atoms with E-state index in [-0.39, 0.29) is 0 Å². The van der Waals surface area contributed by atoms with Gasteiger partial charge in [0.05, 0.1) is 11.4 Å². The van der Waals surface area contributed by atoms with Gasteiger partial charge in [-0.2, -0.15) is 0 Å². The average Bonchev–Trinajstić information content (AvgIpc) is 2.78. The van der Waals surface area contributed by atoms with Gasteiger partial charge >= 0.3 is 0 Å². The number of hydrogen-bond donors (Lipinski definition) is 1. The molecular weight excluding hydrogens is 320 g/mol. The highest BCUT2D eigenvalue weighted by atomic mass is 35.5. The summed E-state index contributed by atoms with van der Waals surface area (Å²) < 4.78 is 0. The quantitative estimate of drug-likeness (QED) is 0.717. The van der Waals surface area contributed by atoms with Crippen LogP contribution in [0.15, 0.2) is 29.2 Å². The lowest BCUT2D eigenvalue weighted by Crippen LogP contribution is -2.07. The second-order valence-electron chi connectivity index (χ2n) is 5.35. The van der Waals surface area contributed by atoms with Crippen molar-refractivity contribution in [2.24, 2.45) is 5.92 Å². The first kappa shape index (κ1) is 16.8. The normalized spacial score (nSPS) is 11.3. The molecule has 1 N–H and O–H groups in total. The molecule has 0 aliphatic rings. The molecule has 0 aliphatic heterocycles. The Kier molecular flexibility index (Phi) is 6.55. The molecule has 0 saturated heterocycles. The Labute approximate surface area is 140 Å². The lowest BCUT2D eigenvalue weighted by Gasteiger charge is -2.03. The van der Waals surface area contributed by atoms with Crippen LogP contribution in [0.1, 0.15) is 29.4 Å². The molecule has 0 atom stereocenters. The zero-order chi connectivity index (χ0) is 15.2. The predicted octanol–water partition coefficient (Wildman–Crippen LogP) is 5.01. The summed E-state index contributed by atoms with van der Waals surface area (Å²) in [5.74, 6) is 1.54. The highest BCUT2D eigenvalue weighted by molar-refractivity contribution is 7.98. The van der Waals surface area contributed by atoms with Gasteiger partial charge in [0.15, 0.2) is 0 Å². The molecule has 2 nitrogen and oxygen atoms in total. The first-order valence-corrected chi connectivity index (χ1v) is 9.27. The summed E-state index contributed by atoms with van der Waals surface area (Å²) in [6.45, 7) is 5.38. The summed E-state index contributed by atoms with van der Waals surface area (Å²) in [7, 11) is 1.99. The first-order valence-electron chi connectivity index (χ1n) is 7.09. The summed E-state index contributed by atoms with van der Waals surface area (Å²) in [5.41, 5.74) is 1.26. The number of thiazole rings is 1. The maximum atomic E-state index is 6.02. The van der Waals surface area contributed by atoms with E-state index in [1.807, 2.05) is 36.6 Å². The molecular formula is C16H21ClN2S2. The van der Waals surface area contributed by atoms with Crippen molar-refractivity contribution in [3.8, 4) is 0 Å². The van der Waals surface area contributed by atoms with Gasteiger partial charge in [0, 0.05) is 21.3 Å². The molecule has 0 spiro atoms.